The molecular formula is C24H33Cl2N3O5. The molecule has 2 heterocycles. The Labute approximate surface area is 210 Å². The van der Waals surface area contributed by atoms with Gasteiger partial charge in [0.2, 0.25) is 5.91 Å². The van der Waals surface area contributed by atoms with Crippen molar-refractivity contribution in [1.29, 1.82) is 0 Å². The van der Waals surface area contributed by atoms with Crippen LogP contribution in [-0.4, -0.2) is 96.9 Å². The monoisotopic (exact) mass is 513 g/mol. The Morgan fingerprint density at radius 1 is 1.18 bits per heavy atom. The first kappa shape index (κ1) is 25.5. The second kappa shape index (κ2) is 11.0. The van der Waals surface area contributed by atoms with Gasteiger partial charge in [0, 0.05) is 52.3 Å². The van der Waals surface area contributed by atoms with Crippen LogP contribution in [0.15, 0.2) is 18.2 Å². The second-order valence-corrected chi connectivity index (χ2v) is 10.4. The molecule has 1 N–H and O–H groups in total. The van der Waals surface area contributed by atoms with Crippen molar-refractivity contribution in [2.75, 3.05) is 53.0 Å². The van der Waals surface area contributed by atoms with Gasteiger partial charge in [0.15, 0.2) is 0 Å². The number of ether oxygens (including phenoxy) is 2. The Morgan fingerprint density at radius 3 is 2.65 bits per heavy atom. The Kier molecular flexibility index (Phi) is 8.25. The van der Waals surface area contributed by atoms with Crippen LogP contribution in [0.1, 0.15) is 32.1 Å². The number of aliphatic hydroxyl groups is 1. The number of β-amino-alcohol motifs (C(OH)–C–C–N with tert-alkyl or cyclic N) is 1. The van der Waals surface area contributed by atoms with E-state index in [0.717, 1.165) is 38.8 Å². The minimum absolute atomic E-state index is 0.00231. The lowest BCUT2D eigenvalue weighted by Gasteiger charge is -2.38. The second-order valence-electron chi connectivity index (χ2n) is 9.59. The molecule has 0 bridgehead atoms. The summed E-state index contributed by atoms with van der Waals surface area (Å²) in [5.74, 6) is 0.309. The number of likely N-dealkylation sites (tertiary alicyclic amines) is 1. The van der Waals surface area contributed by atoms with Gasteiger partial charge < -0.3 is 29.3 Å². The number of aliphatic hydroxyl groups excluding tert-OH is 1. The average molecular weight is 514 g/mol. The predicted octanol–water partition coefficient (Wildman–Crippen LogP) is 3.28. The van der Waals surface area contributed by atoms with E-state index in [0.29, 0.717) is 42.0 Å². The zero-order valence-electron chi connectivity index (χ0n) is 19.5. The van der Waals surface area contributed by atoms with Crippen LogP contribution < -0.4 is 4.74 Å². The number of methoxy groups -OCH3 is 1. The average Bonchev–Trinajstić information content (AvgIpc) is 3.61. The third kappa shape index (κ3) is 5.97. The highest BCUT2D eigenvalue weighted by Crippen LogP contribution is 2.53. The lowest BCUT2D eigenvalue weighted by Crippen LogP contribution is -2.49. The Hall–Kier alpha value is -1.58. The number of halogens is 2. The molecule has 2 saturated heterocycles. The summed E-state index contributed by atoms with van der Waals surface area (Å²) in [6.45, 7) is 3.98. The molecule has 8 nitrogen and oxygen atoms in total. The zero-order valence-corrected chi connectivity index (χ0v) is 21.1. The fourth-order valence-corrected chi connectivity index (χ4v) is 5.28. The fourth-order valence-electron chi connectivity index (χ4n) is 4.99. The Morgan fingerprint density at radius 2 is 1.97 bits per heavy atom. The minimum Gasteiger partial charge on any atom is -0.410 e. The van der Waals surface area contributed by atoms with E-state index in [1.54, 1.807) is 24.1 Å². The number of rotatable bonds is 7. The third-order valence-electron chi connectivity index (χ3n) is 7.42. The van der Waals surface area contributed by atoms with Crippen LogP contribution >= 0.6 is 23.2 Å². The summed E-state index contributed by atoms with van der Waals surface area (Å²) in [6.07, 6.45) is 3.53. The molecule has 1 spiro atoms. The van der Waals surface area contributed by atoms with E-state index in [2.05, 4.69) is 4.90 Å². The number of piperidine rings is 1. The molecule has 1 saturated carbocycles. The number of carbonyl (C=O) groups excluding carboxylic acids is 2. The van der Waals surface area contributed by atoms with Crippen LogP contribution in [0.2, 0.25) is 10.0 Å². The largest absolute Gasteiger partial charge is 0.415 e. The van der Waals surface area contributed by atoms with Crippen molar-refractivity contribution in [1.82, 2.24) is 14.7 Å². The normalized spacial score (nSPS) is 23.6. The number of hydrogen-bond donors (Lipinski definition) is 1. The molecule has 1 aliphatic carbocycles. The van der Waals surface area contributed by atoms with Crippen molar-refractivity contribution in [2.45, 2.75) is 44.2 Å². The molecule has 1 aromatic rings. The lowest BCUT2D eigenvalue weighted by molar-refractivity contribution is -0.134. The molecule has 4 rings (SSSR count). The number of carbonyl (C=O) groups is 2. The maximum atomic E-state index is 12.9. The molecule has 34 heavy (non-hydrogen) atoms. The van der Waals surface area contributed by atoms with Crippen molar-refractivity contribution in [3.05, 3.63) is 28.2 Å². The Bertz CT molecular complexity index is 897. The first-order valence-corrected chi connectivity index (χ1v) is 12.7. The highest BCUT2D eigenvalue weighted by Gasteiger charge is 2.51. The number of benzene rings is 1. The standard InChI is InChI=1S/C24H33Cl2N3O5/c1-33-16-17(4-9-27-11-8-24(6-7-24)21(30)15-27)29-13-12-28(10-5-22(29)31)23(32)34-18-2-3-19(25)20(26)14-18/h2-3,14,17,21,30H,4-13,15-16H2,1H3/t17?,21-/m1/s1. The van der Waals surface area contributed by atoms with Crippen molar-refractivity contribution in [3.8, 4) is 5.75 Å². The van der Waals surface area contributed by atoms with E-state index in [4.69, 9.17) is 32.7 Å². The summed E-state index contributed by atoms with van der Waals surface area (Å²) in [7, 11) is 1.64. The quantitative estimate of drug-likeness (QED) is 0.602. The topological polar surface area (TPSA) is 82.6 Å². The summed E-state index contributed by atoms with van der Waals surface area (Å²) in [5, 5.41) is 11.2. The van der Waals surface area contributed by atoms with Gasteiger partial charge in [0.05, 0.1) is 28.8 Å². The van der Waals surface area contributed by atoms with Gasteiger partial charge in [-0.25, -0.2) is 4.79 Å². The van der Waals surface area contributed by atoms with E-state index in [-0.39, 0.29) is 36.4 Å². The maximum Gasteiger partial charge on any atom is 0.415 e. The van der Waals surface area contributed by atoms with E-state index in [1.807, 2.05) is 4.90 Å². The molecule has 3 fully saturated rings. The van der Waals surface area contributed by atoms with Crippen molar-refractivity contribution in [3.63, 3.8) is 0 Å². The molecule has 2 amide bonds. The van der Waals surface area contributed by atoms with Crippen LogP contribution in [0.5, 0.6) is 5.75 Å². The van der Waals surface area contributed by atoms with E-state index >= 15 is 0 Å². The SMILES string of the molecule is COCC(CCN1CCC2(CC2)[C@H](O)C1)N1CCN(C(=O)Oc2ccc(Cl)c(Cl)c2)CCC1=O. The number of hydrogen-bond acceptors (Lipinski definition) is 6. The zero-order chi connectivity index (χ0) is 24.3. The molecule has 0 aromatic heterocycles. The molecule has 188 valence electrons. The van der Waals surface area contributed by atoms with Crippen LogP contribution in [0, 0.1) is 5.41 Å². The predicted molar refractivity (Wildman–Crippen MR) is 129 cm³/mol. The molecule has 0 radical (unpaired) electrons. The number of amides is 2. The fraction of sp³-hybridized carbons (Fsp3) is 0.667. The van der Waals surface area contributed by atoms with Gasteiger partial charge in [-0.1, -0.05) is 23.2 Å². The summed E-state index contributed by atoms with van der Waals surface area (Å²) in [4.78, 5) is 31.3. The molecule has 3 aliphatic rings. The van der Waals surface area contributed by atoms with Crippen LogP contribution in [0.25, 0.3) is 0 Å². The van der Waals surface area contributed by atoms with Crippen LogP contribution in [0.3, 0.4) is 0 Å². The summed E-state index contributed by atoms with van der Waals surface area (Å²) in [5.41, 5.74) is 0.179. The van der Waals surface area contributed by atoms with E-state index in [1.165, 1.54) is 6.07 Å². The highest BCUT2D eigenvalue weighted by molar-refractivity contribution is 6.42. The molecular weight excluding hydrogens is 481 g/mol. The first-order chi connectivity index (χ1) is 16.3. The summed E-state index contributed by atoms with van der Waals surface area (Å²) >= 11 is 11.9. The maximum absolute atomic E-state index is 12.9. The third-order valence-corrected chi connectivity index (χ3v) is 8.15. The minimum atomic E-state index is -0.521. The molecule has 2 aliphatic heterocycles. The van der Waals surface area contributed by atoms with Crippen molar-refractivity contribution < 1.29 is 24.2 Å². The van der Waals surface area contributed by atoms with Crippen molar-refractivity contribution >= 4 is 35.2 Å². The van der Waals surface area contributed by atoms with Gasteiger partial charge in [-0.2, -0.15) is 0 Å². The van der Waals surface area contributed by atoms with Crippen LogP contribution in [0.4, 0.5) is 4.79 Å². The lowest BCUT2D eigenvalue weighted by atomic mass is 9.90. The summed E-state index contributed by atoms with van der Waals surface area (Å²) < 4.78 is 10.9. The first-order valence-electron chi connectivity index (χ1n) is 11.9. The summed E-state index contributed by atoms with van der Waals surface area (Å²) in [6, 6.07) is 4.56. The highest BCUT2D eigenvalue weighted by atomic mass is 35.5. The van der Waals surface area contributed by atoms with Crippen LogP contribution in [-0.2, 0) is 9.53 Å². The molecule has 1 aromatic carbocycles. The van der Waals surface area contributed by atoms with Crippen molar-refractivity contribution in [2.24, 2.45) is 5.41 Å². The number of nitrogens with zero attached hydrogens (tertiary/aromatic N) is 3. The molecule has 10 heteroatoms. The van der Waals surface area contributed by atoms with Gasteiger partial charge in [-0.15, -0.1) is 0 Å². The molecule has 1 unspecified atom stereocenters. The van der Waals surface area contributed by atoms with E-state index in [9.17, 15) is 14.7 Å². The van der Waals surface area contributed by atoms with Gasteiger partial charge in [0.1, 0.15) is 5.75 Å². The van der Waals surface area contributed by atoms with Gasteiger partial charge in [-0.3, -0.25) is 4.79 Å². The van der Waals surface area contributed by atoms with Gasteiger partial charge in [-0.05, 0) is 49.8 Å². The van der Waals surface area contributed by atoms with E-state index < -0.39 is 6.09 Å². The molecule has 2 atom stereocenters. The Balaban J connectivity index is 1.31. The van der Waals surface area contributed by atoms with Gasteiger partial charge in [0.25, 0.3) is 0 Å². The smallest absolute Gasteiger partial charge is 0.410 e. The van der Waals surface area contributed by atoms with Gasteiger partial charge >= 0.3 is 6.09 Å².